The maximum absolute atomic E-state index is 12.7. The summed E-state index contributed by atoms with van der Waals surface area (Å²) in [6.45, 7) is 1.82. The van der Waals surface area contributed by atoms with Crippen LogP contribution in [-0.4, -0.2) is 24.0 Å². The highest BCUT2D eigenvalue weighted by molar-refractivity contribution is 6.40. The number of hydrogen-bond acceptors (Lipinski definition) is 5. The zero-order valence-electron chi connectivity index (χ0n) is 18.9. The number of carbonyl (C=O) groups is 3. The van der Waals surface area contributed by atoms with Crippen LogP contribution in [0.3, 0.4) is 0 Å². The fourth-order valence-electron chi connectivity index (χ4n) is 3.31. The van der Waals surface area contributed by atoms with Gasteiger partial charge in [0.25, 0.3) is 0 Å². The predicted octanol–water partition coefficient (Wildman–Crippen LogP) is 5.76. The van der Waals surface area contributed by atoms with Gasteiger partial charge in [-0.2, -0.15) is 5.10 Å². The Morgan fingerprint density at radius 3 is 2.39 bits per heavy atom. The summed E-state index contributed by atoms with van der Waals surface area (Å²) in [6.07, 6.45) is 1.32. The second-order valence-electron chi connectivity index (χ2n) is 7.71. The Balaban J connectivity index is 1.53. The Morgan fingerprint density at radius 2 is 1.64 bits per heavy atom. The third-order valence-corrected chi connectivity index (χ3v) is 5.87. The molecule has 0 aliphatic heterocycles. The summed E-state index contributed by atoms with van der Waals surface area (Å²) in [4.78, 5) is 37.2. The number of hydrogen-bond donors (Lipinski definition) is 2. The van der Waals surface area contributed by atoms with Crippen LogP contribution in [0, 0.1) is 6.92 Å². The fourth-order valence-corrected chi connectivity index (χ4v) is 3.61. The molecule has 0 aliphatic rings. The second-order valence-corrected chi connectivity index (χ2v) is 8.56. The number of rotatable bonds is 5. The zero-order chi connectivity index (χ0) is 25.7. The van der Waals surface area contributed by atoms with Gasteiger partial charge in [-0.3, -0.25) is 9.59 Å². The highest BCUT2D eigenvalue weighted by atomic mass is 35.5. The van der Waals surface area contributed by atoms with Crippen LogP contribution in [-0.2, 0) is 9.59 Å². The molecule has 2 amide bonds. The van der Waals surface area contributed by atoms with E-state index in [9.17, 15) is 14.4 Å². The van der Waals surface area contributed by atoms with E-state index in [2.05, 4.69) is 15.8 Å². The van der Waals surface area contributed by atoms with Crippen molar-refractivity contribution < 1.29 is 19.1 Å². The summed E-state index contributed by atoms with van der Waals surface area (Å²) in [5, 5.41) is 8.93. The number of fused-ring (bicyclic) bond motifs is 1. The van der Waals surface area contributed by atoms with Crippen molar-refractivity contribution in [1.82, 2.24) is 5.43 Å². The SMILES string of the molecule is Cc1ccc(NC(=O)C(=O)N/N=C/c2c(OC(=O)c3ccc(Cl)cc3)ccc3ccccc23)cc1Cl. The quantitative estimate of drug-likeness (QED) is 0.115. The first-order valence-electron chi connectivity index (χ1n) is 10.7. The second kappa shape index (κ2) is 11.0. The maximum Gasteiger partial charge on any atom is 0.343 e. The lowest BCUT2D eigenvalue weighted by Gasteiger charge is -2.11. The van der Waals surface area contributed by atoms with E-state index in [1.807, 2.05) is 31.2 Å². The lowest BCUT2D eigenvalue weighted by molar-refractivity contribution is -0.136. The summed E-state index contributed by atoms with van der Waals surface area (Å²) >= 11 is 11.9. The van der Waals surface area contributed by atoms with Crippen molar-refractivity contribution in [2.24, 2.45) is 5.10 Å². The van der Waals surface area contributed by atoms with E-state index < -0.39 is 17.8 Å². The molecule has 4 rings (SSSR count). The summed E-state index contributed by atoms with van der Waals surface area (Å²) in [7, 11) is 0. The van der Waals surface area contributed by atoms with Crippen molar-refractivity contribution in [3.05, 3.63) is 106 Å². The van der Waals surface area contributed by atoms with Gasteiger partial charge in [-0.1, -0.05) is 59.6 Å². The number of hydrazone groups is 1. The van der Waals surface area contributed by atoms with Gasteiger partial charge in [0.05, 0.1) is 11.8 Å². The molecule has 7 nitrogen and oxygen atoms in total. The van der Waals surface area contributed by atoms with E-state index >= 15 is 0 Å². The largest absolute Gasteiger partial charge is 0.422 e. The standard InChI is InChI=1S/C27H19Cl2N3O4/c1-16-6-12-20(14-23(16)29)31-25(33)26(34)32-30-15-22-21-5-3-2-4-17(21)9-13-24(22)36-27(35)18-7-10-19(28)11-8-18/h2-15H,1H3,(H,31,33)(H,32,34)/b30-15+. The Kier molecular flexibility index (Phi) is 7.63. The third kappa shape index (κ3) is 5.89. The first kappa shape index (κ1) is 24.9. The number of nitrogens with zero attached hydrogens (tertiary/aromatic N) is 1. The Hall–Kier alpha value is -4.20. The number of nitrogens with one attached hydrogen (secondary N) is 2. The average molecular weight is 520 g/mol. The number of carbonyl (C=O) groups excluding carboxylic acids is 3. The van der Waals surface area contributed by atoms with Gasteiger partial charge < -0.3 is 10.1 Å². The number of aryl methyl sites for hydroxylation is 1. The average Bonchev–Trinajstić information content (AvgIpc) is 2.87. The lowest BCUT2D eigenvalue weighted by atomic mass is 10.0. The minimum Gasteiger partial charge on any atom is -0.422 e. The molecule has 4 aromatic rings. The van der Waals surface area contributed by atoms with Crippen LogP contribution >= 0.6 is 23.2 Å². The van der Waals surface area contributed by atoms with E-state index in [0.29, 0.717) is 26.9 Å². The molecule has 0 saturated heterocycles. The molecule has 0 atom stereocenters. The topological polar surface area (TPSA) is 96.9 Å². The molecule has 4 aromatic carbocycles. The normalized spacial score (nSPS) is 10.9. The van der Waals surface area contributed by atoms with Crippen LogP contribution in [0.5, 0.6) is 5.75 Å². The Labute approximate surface area is 216 Å². The highest BCUT2D eigenvalue weighted by Crippen LogP contribution is 2.27. The fraction of sp³-hybridized carbons (Fsp3) is 0.0370. The number of ether oxygens (including phenoxy) is 1. The van der Waals surface area contributed by atoms with E-state index in [4.69, 9.17) is 27.9 Å². The van der Waals surface area contributed by atoms with Crippen molar-refractivity contribution in [3.63, 3.8) is 0 Å². The van der Waals surface area contributed by atoms with Crippen LogP contribution in [0.2, 0.25) is 10.0 Å². The molecule has 0 saturated carbocycles. The van der Waals surface area contributed by atoms with Gasteiger partial charge in [-0.25, -0.2) is 10.2 Å². The Bertz CT molecular complexity index is 1500. The molecule has 0 aliphatic carbocycles. The zero-order valence-corrected chi connectivity index (χ0v) is 20.4. The highest BCUT2D eigenvalue weighted by Gasteiger charge is 2.15. The molecule has 9 heteroatoms. The third-order valence-electron chi connectivity index (χ3n) is 5.21. The van der Waals surface area contributed by atoms with Gasteiger partial charge in [-0.05, 0) is 65.7 Å². The van der Waals surface area contributed by atoms with Crippen molar-refractivity contribution in [3.8, 4) is 5.75 Å². The monoisotopic (exact) mass is 519 g/mol. The van der Waals surface area contributed by atoms with E-state index in [1.165, 1.54) is 6.21 Å². The van der Waals surface area contributed by atoms with Gasteiger partial charge in [-0.15, -0.1) is 0 Å². The van der Waals surface area contributed by atoms with Gasteiger partial charge >= 0.3 is 17.8 Å². The van der Waals surface area contributed by atoms with Crippen LogP contribution in [0.4, 0.5) is 5.69 Å². The van der Waals surface area contributed by atoms with Gasteiger partial charge in [0, 0.05) is 21.3 Å². The van der Waals surface area contributed by atoms with Gasteiger partial charge in [0.2, 0.25) is 0 Å². The molecule has 0 fully saturated rings. The smallest absolute Gasteiger partial charge is 0.343 e. The van der Waals surface area contributed by atoms with E-state index in [1.54, 1.807) is 54.6 Å². The van der Waals surface area contributed by atoms with Crippen molar-refractivity contribution >= 4 is 63.7 Å². The molecular weight excluding hydrogens is 501 g/mol. The summed E-state index contributed by atoms with van der Waals surface area (Å²) in [5.74, 6) is -2.26. The van der Waals surface area contributed by atoms with Crippen LogP contribution in [0.15, 0.2) is 84.0 Å². The van der Waals surface area contributed by atoms with Gasteiger partial charge in [0.1, 0.15) is 5.75 Å². The number of anilines is 1. The predicted molar refractivity (Wildman–Crippen MR) is 141 cm³/mol. The first-order valence-corrected chi connectivity index (χ1v) is 11.5. The minimum absolute atomic E-state index is 0.227. The number of amides is 2. The molecule has 0 unspecified atom stereocenters. The Morgan fingerprint density at radius 1 is 0.889 bits per heavy atom. The van der Waals surface area contributed by atoms with E-state index in [-0.39, 0.29) is 5.75 Å². The minimum atomic E-state index is -0.983. The summed E-state index contributed by atoms with van der Waals surface area (Å²) in [5.41, 5.74) is 4.17. The molecule has 36 heavy (non-hydrogen) atoms. The number of halogens is 2. The molecule has 0 radical (unpaired) electrons. The molecule has 0 aromatic heterocycles. The van der Waals surface area contributed by atoms with Crippen molar-refractivity contribution in [1.29, 1.82) is 0 Å². The molecule has 0 heterocycles. The van der Waals surface area contributed by atoms with Gasteiger partial charge in [0.15, 0.2) is 0 Å². The molecule has 0 spiro atoms. The molecule has 180 valence electrons. The summed E-state index contributed by atoms with van der Waals surface area (Å²) in [6, 6.07) is 22.0. The maximum atomic E-state index is 12.7. The summed E-state index contributed by atoms with van der Waals surface area (Å²) < 4.78 is 5.61. The van der Waals surface area contributed by atoms with Crippen LogP contribution in [0.25, 0.3) is 10.8 Å². The molecule has 0 bridgehead atoms. The first-order chi connectivity index (χ1) is 17.3. The molecule has 2 N–H and O–H groups in total. The number of benzene rings is 4. The molecular formula is C27H19Cl2N3O4. The van der Waals surface area contributed by atoms with Crippen LogP contribution < -0.4 is 15.5 Å². The van der Waals surface area contributed by atoms with Crippen LogP contribution in [0.1, 0.15) is 21.5 Å². The lowest BCUT2D eigenvalue weighted by Crippen LogP contribution is -2.32. The van der Waals surface area contributed by atoms with Crippen molar-refractivity contribution in [2.45, 2.75) is 6.92 Å². The van der Waals surface area contributed by atoms with Crippen molar-refractivity contribution in [2.75, 3.05) is 5.32 Å². The van der Waals surface area contributed by atoms with E-state index in [0.717, 1.165) is 16.3 Å². The number of esters is 1.